The van der Waals surface area contributed by atoms with Crippen molar-refractivity contribution < 1.29 is 32.0 Å². The number of anilines is 2. The van der Waals surface area contributed by atoms with Gasteiger partial charge in [-0.05, 0) is 87.4 Å². The predicted octanol–water partition coefficient (Wildman–Crippen LogP) is 5.50. The van der Waals surface area contributed by atoms with Crippen molar-refractivity contribution in [1.82, 2.24) is 15.0 Å². The van der Waals surface area contributed by atoms with E-state index in [1.807, 2.05) is 13.0 Å². The van der Waals surface area contributed by atoms with E-state index < -0.39 is 28.1 Å². The van der Waals surface area contributed by atoms with Gasteiger partial charge in [0.05, 0.1) is 33.7 Å². The van der Waals surface area contributed by atoms with Crippen LogP contribution in [0.5, 0.6) is 0 Å². The van der Waals surface area contributed by atoms with Gasteiger partial charge in [0.25, 0.3) is 0 Å². The Balaban J connectivity index is 1.45. The lowest BCUT2D eigenvalue weighted by Gasteiger charge is -2.37. The maximum absolute atomic E-state index is 13.1. The van der Waals surface area contributed by atoms with Gasteiger partial charge in [0.1, 0.15) is 17.2 Å². The largest absolute Gasteiger partial charge is 0.452 e. The molecule has 4 rings (SSSR count). The Hall–Kier alpha value is -3.38. The van der Waals surface area contributed by atoms with E-state index in [0.29, 0.717) is 48.5 Å². The van der Waals surface area contributed by atoms with Crippen molar-refractivity contribution in [1.29, 1.82) is 0 Å². The van der Waals surface area contributed by atoms with Gasteiger partial charge in [-0.15, -0.1) is 0 Å². The summed E-state index contributed by atoms with van der Waals surface area (Å²) in [5.74, 6) is -0.484. The average molecular weight is 577 g/mol. The van der Waals surface area contributed by atoms with Gasteiger partial charge < -0.3 is 15.2 Å². The van der Waals surface area contributed by atoms with Gasteiger partial charge >= 0.3 is 12.1 Å². The summed E-state index contributed by atoms with van der Waals surface area (Å²) in [6.07, 6.45) is 2.04. The number of halogens is 3. The fourth-order valence-electron chi connectivity index (χ4n) is 4.89. The van der Waals surface area contributed by atoms with Crippen LogP contribution in [0.25, 0.3) is 11.3 Å². The smallest absolute Gasteiger partial charge is 0.416 e. The first-order valence-electron chi connectivity index (χ1n) is 12.8. The number of carbonyl (C=O) groups excluding carboxylic acids is 1. The topological polar surface area (TPSA) is 114 Å². The molecule has 12 heteroatoms. The van der Waals surface area contributed by atoms with Crippen LogP contribution < -0.4 is 5.32 Å². The number of hydrogen-bond acceptors (Lipinski definition) is 8. The quantitative estimate of drug-likeness (QED) is 0.338. The van der Waals surface area contributed by atoms with Crippen LogP contribution in [0.1, 0.15) is 49.4 Å². The monoisotopic (exact) mass is 576 g/mol. The number of esters is 1. The first kappa shape index (κ1) is 29.6. The molecule has 40 heavy (non-hydrogen) atoms. The fraction of sp³-hybridized carbons (Fsp3) is 0.429. The molecule has 2 atom stereocenters. The lowest BCUT2D eigenvalue weighted by Crippen LogP contribution is -2.37. The first-order valence-corrected chi connectivity index (χ1v) is 14.5. The zero-order valence-corrected chi connectivity index (χ0v) is 23.2. The van der Waals surface area contributed by atoms with Crippen LogP contribution in [0.15, 0.2) is 48.8 Å². The highest BCUT2D eigenvalue weighted by molar-refractivity contribution is 7.84. The number of rotatable bonds is 8. The number of alkyl halides is 3. The third-order valence-corrected chi connectivity index (χ3v) is 7.56. The molecule has 1 aliphatic rings. The summed E-state index contributed by atoms with van der Waals surface area (Å²) >= 11 is 0. The number of pyridine rings is 3. The molecule has 1 aliphatic carbocycles. The van der Waals surface area contributed by atoms with Gasteiger partial charge in [0, 0.05) is 24.2 Å². The molecule has 3 aromatic rings. The maximum Gasteiger partial charge on any atom is 0.416 e. The number of aliphatic hydroxyl groups is 1. The first-order chi connectivity index (χ1) is 18.8. The second-order valence-electron chi connectivity index (χ2n) is 10.3. The van der Waals surface area contributed by atoms with Crippen molar-refractivity contribution in [2.75, 3.05) is 17.5 Å². The number of aryl methyl sites for hydroxylation is 1. The zero-order valence-electron chi connectivity index (χ0n) is 22.4. The third-order valence-electron chi connectivity index (χ3n) is 7.11. The standard InChI is InChI=1S/C28H31F3N4O4S/c1-17-12-22(34-25(13-17)35-24-14-21(10-11-32-24)28(29,30)31)19-6-9-23(33-15-19)27(2,37)20-7-4-18(5-8-20)26(36)39-16-40(3)38/h6,9-15,18,20,37H,4-5,7-8,16H2,1-3H3,(H,32,34,35)/t18?,20?,27-,40?/m1/s1. The second kappa shape index (κ2) is 12.0. The highest BCUT2D eigenvalue weighted by Crippen LogP contribution is 2.41. The highest BCUT2D eigenvalue weighted by atomic mass is 32.2. The van der Waals surface area contributed by atoms with Crippen molar-refractivity contribution in [2.45, 2.75) is 51.3 Å². The van der Waals surface area contributed by atoms with Crippen LogP contribution in [-0.4, -0.2) is 42.4 Å². The van der Waals surface area contributed by atoms with Crippen molar-refractivity contribution >= 4 is 28.4 Å². The minimum absolute atomic E-state index is 0.0201. The maximum atomic E-state index is 13.1. The lowest BCUT2D eigenvalue weighted by atomic mass is 9.73. The van der Waals surface area contributed by atoms with E-state index in [1.54, 1.807) is 31.3 Å². The number of carbonyl (C=O) groups is 1. The average Bonchev–Trinajstić information content (AvgIpc) is 2.91. The van der Waals surface area contributed by atoms with E-state index in [-0.39, 0.29) is 29.6 Å². The van der Waals surface area contributed by atoms with Gasteiger partial charge in [-0.2, -0.15) is 13.2 Å². The van der Waals surface area contributed by atoms with Gasteiger partial charge in [-0.3, -0.25) is 14.0 Å². The molecule has 3 aromatic heterocycles. The Morgan fingerprint density at radius 3 is 2.45 bits per heavy atom. The van der Waals surface area contributed by atoms with Gasteiger partial charge in [0.15, 0.2) is 5.94 Å². The van der Waals surface area contributed by atoms with Crippen LogP contribution in [0.2, 0.25) is 0 Å². The Labute approximate surface area is 232 Å². The Kier molecular flexibility index (Phi) is 8.89. The van der Waals surface area contributed by atoms with E-state index in [2.05, 4.69) is 20.3 Å². The minimum Gasteiger partial charge on any atom is -0.452 e. The van der Waals surface area contributed by atoms with Crippen LogP contribution >= 0.6 is 0 Å². The molecule has 0 amide bonds. The summed E-state index contributed by atoms with van der Waals surface area (Å²) in [7, 11) is -1.21. The molecule has 0 radical (unpaired) electrons. The summed E-state index contributed by atoms with van der Waals surface area (Å²) in [6, 6.07) is 8.88. The molecular weight excluding hydrogens is 545 g/mol. The van der Waals surface area contributed by atoms with E-state index in [0.717, 1.165) is 23.9 Å². The molecule has 1 fully saturated rings. The van der Waals surface area contributed by atoms with Crippen LogP contribution in [0.3, 0.4) is 0 Å². The van der Waals surface area contributed by atoms with Gasteiger partial charge in [-0.25, -0.2) is 9.97 Å². The van der Waals surface area contributed by atoms with E-state index in [4.69, 9.17) is 4.74 Å². The lowest BCUT2D eigenvalue weighted by molar-refractivity contribution is -0.148. The molecule has 214 valence electrons. The van der Waals surface area contributed by atoms with Crippen molar-refractivity contribution in [3.05, 3.63) is 65.6 Å². The van der Waals surface area contributed by atoms with Crippen LogP contribution in [0.4, 0.5) is 24.8 Å². The van der Waals surface area contributed by atoms with Gasteiger partial charge in [0.2, 0.25) is 0 Å². The fourth-order valence-corrected chi connectivity index (χ4v) is 5.17. The van der Waals surface area contributed by atoms with E-state index >= 15 is 0 Å². The SMILES string of the molecule is Cc1cc(Nc2cc(C(F)(F)F)ccn2)nc(-c2ccc([C@](C)(O)C3CCC(C(=O)OCS(C)=O)CC3)nc2)c1. The molecule has 1 unspecified atom stereocenters. The summed E-state index contributed by atoms with van der Waals surface area (Å²) in [5.41, 5.74) is 0.509. The van der Waals surface area contributed by atoms with Crippen molar-refractivity contribution in [2.24, 2.45) is 11.8 Å². The zero-order chi connectivity index (χ0) is 29.1. The molecule has 0 spiro atoms. The number of nitrogens with zero attached hydrogens (tertiary/aromatic N) is 3. The molecule has 0 aromatic carbocycles. The summed E-state index contributed by atoms with van der Waals surface area (Å²) in [5, 5.41) is 14.2. The Morgan fingerprint density at radius 2 is 1.82 bits per heavy atom. The summed E-state index contributed by atoms with van der Waals surface area (Å²) in [4.78, 5) is 25.2. The molecular formula is C28H31F3N4O4S. The number of hydrogen-bond donors (Lipinski definition) is 2. The van der Waals surface area contributed by atoms with Crippen molar-refractivity contribution in [3.63, 3.8) is 0 Å². The second-order valence-corrected chi connectivity index (χ2v) is 11.6. The predicted molar refractivity (Wildman–Crippen MR) is 145 cm³/mol. The molecule has 0 aliphatic heterocycles. The summed E-state index contributed by atoms with van der Waals surface area (Å²) in [6.45, 7) is 3.56. The molecule has 8 nitrogen and oxygen atoms in total. The molecule has 2 N–H and O–H groups in total. The Bertz CT molecular complexity index is 1370. The van der Waals surface area contributed by atoms with Crippen LogP contribution in [0, 0.1) is 18.8 Å². The van der Waals surface area contributed by atoms with Crippen molar-refractivity contribution in [3.8, 4) is 11.3 Å². The highest BCUT2D eigenvalue weighted by Gasteiger charge is 2.39. The summed E-state index contributed by atoms with van der Waals surface area (Å²) < 4.78 is 55.5. The minimum atomic E-state index is -4.48. The third kappa shape index (κ3) is 7.22. The normalized spacial score (nSPS) is 19.9. The number of aromatic nitrogens is 3. The van der Waals surface area contributed by atoms with E-state index in [1.165, 1.54) is 6.26 Å². The number of nitrogens with one attached hydrogen (secondary N) is 1. The molecule has 0 bridgehead atoms. The van der Waals surface area contributed by atoms with Gasteiger partial charge in [-0.1, -0.05) is 0 Å². The Morgan fingerprint density at radius 1 is 1.10 bits per heavy atom. The molecule has 0 saturated heterocycles. The van der Waals surface area contributed by atoms with Crippen LogP contribution in [-0.2, 0) is 32.1 Å². The molecule has 1 saturated carbocycles. The molecule has 3 heterocycles. The number of ether oxygens (including phenoxy) is 1. The van der Waals surface area contributed by atoms with E-state index in [9.17, 15) is 27.3 Å².